The van der Waals surface area contributed by atoms with E-state index >= 15 is 0 Å². The van der Waals surface area contributed by atoms with Gasteiger partial charge < -0.3 is 4.57 Å². The van der Waals surface area contributed by atoms with Crippen LogP contribution in [0, 0.1) is 0 Å². The first-order chi connectivity index (χ1) is 14.8. The molecule has 0 radical (unpaired) electrons. The highest BCUT2D eigenvalue weighted by Gasteiger charge is 2.13. The van der Waals surface area contributed by atoms with Crippen LogP contribution >= 0.6 is 23.1 Å². The first kappa shape index (κ1) is 21.8. The van der Waals surface area contributed by atoms with Crippen LogP contribution in [0.3, 0.4) is 0 Å². The summed E-state index contributed by atoms with van der Waals surface area (Å²) in [6.45, 7) is 0.696. The van der Waals surface area contributed by atoms with E-state index in [1.54, 1.807) is 30.0 Å². The number of nitrogens with zero attached hydrogens (tertiary/aromatic N) is 2. The van der Waals surface area contributed by atoms with Crippen LogP contribution in [0.1, 0.15) is 5.56 Å². The molecule has 0 saturated heterocycles. The van der Waals surface area contributed by atoms with Gasteiger partial charge in [-0.2, -0.15) is 16.8 Å². The van der Waals surface area contributed by atoms with Crippen LogP contribution in [0.25, 0.3) is 21.0 Å². The summed E-state index contributed by atoms with van der Waals surface area (Å²) in [7, 11) is -3.30. The van der Waals surface area contributed by atoms with E-state index in [0.29, 0.717) is 11.3 Å². The molecule has 0 N–H and O–H groups in total. The number of amides is 1. The average Bonchev–Trinajstić information content (AvgIpc) is 3.07. The fraction of sp³-hybridized carbons (Fsp3) is 0.217. The van der Waals surface area contributed by atoms with Crippen molar-refractivity contribution in [2.75, 3.05) is 18.3 Å². The van der Waals surface area contributed by atoms with Crippen molar-refractivity contribution in [3.05, 3.63) is 71.0 Å². The molecule has 1 heterocycles. The summed E-state index contributed by atoms with van der Waals surface area (Å²) >= 11 is 3.06. The number of aryl methyl sites for hydroxylation is 1. The SMILES string of the molecule is CSCCn1c(=NC(=O)Cc2ccc3ccccc3c2)sc2cc(S(C)(=O)=O)ccc21. The van der Waals surface area contributed by atoms with E-state index in [0.717, 1.165) is 32.3 Å². The zero-order chi connectivity index (χ0) is 22.0. The molecule has 4 aromatic rings. The van der Waals surface area contributed by atoms with Crippen LogP contribution in [0.5, 0.6) is 0 Å². The van der Waals surface area contributed by atoms with Gasteiger partial charge in [0.1, 0.15) is 0 Å². The molecule has 0 aliphatic carbocycles. The van der Waals surface area contributed by atoms with Crippen molar-refractivity contribution in [2.24, 2.45) is 4.99 Å². The Hall–Kier alpha value is -2.42. The molecule has 3 aromatic carbocycles. The zero-order valence-corrected chi connectivity index (χ0v) is 19.7. The third-order valence-corrected chi connectivity index (χ3v) is 7.73. The van der Waals surface area contributed by atoms with Gasteiger partial charge in [0, 0.05) is 18.6 Å². The molecule has 1 amide bonds. The van der Waals surface area contributed by atoms with E-state index in [9.17, 15) is 13.2 Å². The fourth-order valence-electron chi connectivity index (χ4n) is 3.44. The second kappa shape index (κ2) is 8.98. The number of hydrogen-bond acceptors (Lipinski definition) is 5. The third kappa shape index (κ3) is 4.92. The lowest BCUT2D eigenvalue weighted by molar-refractivity contribution is -0.117. The first-order valence-electron chi connectivity index (χ1n) is 9.73. The maximum Gasteiger partial charge on any atom is 0.252 e. The second-order valence-corrected chi connectivity index (χ2v) is 11.3. The number of benzene rings is 3. The molecule has 0 unspecified atom stereocenters. The predicted octanol–water partition coefficient (Wildman–Crippen LogP) is 4.29. The molecule has 0 aliphatic rings. The third-order valence-electron chi connectivity index (χ3n) is 4.99. The Balaban J connectivity index is 1.72. The van der Waals surface area contributed by atoms with Crippen LogP contribution in [0.2, 0.25) is 0 Å². The maximum atomic E-state index is 12.8. The highest BCUT2D eigenvalue weighted by molar-refractivity contribution is 7.98. The topological polar surface area (TPSA) is 68.5 Å². The van der Waals surface area contributed by atoms with Gasteiger partial charge in [0.25, 0.3) is 5.91 Å². The van der Waals surface area contributed by atoms with Crippen molar-refractivity contribution in [1.82, 2.24) is 4.57 Å². The number of hydrogen-bond donors (Lipinski definition) is 0. The smallest absolute Gasteiger partial charge is 0.252 e. The number of carbonyl (C=O) groups excluding carboxylic acids is 1. The Morgan fingerprint density at radius 2 is 1.84 bits per heavy atom. The molecule has 0 atom stereocenters. The average molecular weight is 471 g/mol. The highest BCUT2D eigenvalue weighted by atomic mass is 32.2. The van der Waals surface area contributed by atoms with Crippen molar-refractivity contribution in [2.45, 2.75) is 17.9 Å². The van der Waals surface area contributed by atoms with Gasteiger partial charge in [-0.05, 0) is 40.8 Å². The second-order valence-electron chi connectivity index (χ2n) is 7.29. The molecule has 0 fully saturated rings. The van der Waals surface area contributed by atoms with Gasteiger partial charge in [0.2, 0.25) is 0 Å². The standard InChI is InChI=1S/C23H22N2O3S3/c1-29-12-11-25-20-10-9-19(31(2,27)28)15-21(20)30-23(25)24-22(26)14-16-7-8-17-5-3-4-6-18(17)13-16/h3-10,13,15H,11-12,14H2,1-2H3. The molecule has 0 aliphatic heterocycles. The van der Waals surface area contributed by atoms with Crippen LogP contribution < -0.4 is 4.80 Å². The summed E-state index contributed by atoms with van der Waals surface area (Å²) in [6.07, 6.45) is 3.44. The number of fused-ring (bicyclic) bond motifs is 2. The van der Waals surface area contributed by atoms with Gasteiger partial charge in [-0.15, -0.1) is 0 Å². The van der Waals surface area contributed by atoms with Gasteiger partial charge >= 0.3 is 0 Å². The zero-order valence-electron chi connectivity index (χ0n) is 17.2. The Morgan fingerprint density at radius 3 is 2.58 bits per heavy atom. The van der Waals surface area contributed by atoms with Crippen molar-refractivity contribution >= 4 is 59.8 Å². The Kier molecular flexibility index (Phi) is 6.31. The highest BCUT2D eigenvalue weighted by Crippen LogP contribution is 2.22. The molecule has 0 saturated carbocycles. The van der Waals surface area contributed by atoms with Gasteiger partial charge in [0.05, 0.1) is 21.5 Å². The summed E-state index contributed by atoms with van der Waals surface area (Å²) < 4.78 is 26.7. The molecular weight excluding hydrogens is 448 g/mol. The molecule has 31 heavy (non-hydrogen) atoms. The van der Waals surface area contributed by atoms with Crippen molar-refractivity contribution in [3.63, 3.8) is 0 Å². The van der Waals surface area contributed by atoms with Crippen LogP contribution in [0.15, 0.2) is 70.6 Å². The van der Waals surface area contributed by atoms with Crippen LogP contribution in [-0.2, 0) is 27.6 Å². The van der Waals surface area contributed by atoms with E-state index in [-0.39, 0.29) is 17.2 Å². The quantitative estimate of drug-likeness (QED) is 0.422. The fourth-order valence-corrected chi connectivity index (χ4v) is 5.64. The van der Waals surface area contributed by atoms with Gasteiger partial charge in [-0.25, -0.2) is 8.42 Å². The molecule has 8 heteroatoms. The molecular formula is C23H22N2O3S3. The maximum absolute atomic E-state index is 12.8. The summed E-state index contributed by atoms with van der Waals surface area (Å²) in [6, 6.07) is 19.1. The lowest BCUT2D eigenvalue weighted by atomic mass is 10.1. The molecule has 1 aromatic heterocycles. The van der Waals surface area contributed by atoms with E-state index in [2.05, 4.69) is 4.99 Å². The minimum Gasteiger partial charge on any atom is -0.316 e. The molecule has 0 bridgehead atoms. The summed E-state index contributed by atoms with van der Waals surface area (Å²) in [5.41, 5.74) is 1.81. The number of rotatable bonds is 6. The minimum absolute atomic E-state index is 0.218. The van der Waals surface area contributed by atoms with Crippen LogP contribution in [0.4, 0.5) is 0 Å². The molecule has 4 rings (SSSR count). The van der Waals surface area contributed by atoms with E-state index in [4.69, 9.17) is 0 Å². The normalized spacial score (nSPS) is 12.6. The molecule has 0 spiro atoms. The number of aromatic nitrogens is 1. The van der Waals surface area contributed by atoms with Gasteiger partial charge in [0.15, 0.2) is 14.6 Å². The number of thioether (sulfide) groups is 1. The molecule has 160 valence electrons. The van der Waals surface area contributed by atoms with Gasteiger partial charge in [-0.3, -0.25) is 4.79 Å². The van der Waals surface area contributed by atoms with E-state index < -0.39 is 9.84 Å². The van der Waals surface area contributed by atoms with Crippen molar-refractivity contribution in [3.8, 4) is 0 Å². The minimum atomic E-state index is -3.30. The Morgan fingerprint density at radius 1 is 1.06 bits per heavy atom. The summed E-state index contributed by atoms with van der Waals surface area (Å²) in [5.74, 6) is 0.647. The predicted molar refractivity (Wildman–Crippen MR) is 130 cm³/mol. The monoisotopic (exact) mass is 470 g/mol. The van der Waals surface area contributed by atoms with Crippen molar-refractivity contribution in [1.29, 1.82) is 0 Å². The van der Waals surface area contributed by atoms with Crippen molar-refractivity contribution < 1.29 is 13.2 Å². The lowest BCUT2D eigenvalue weighted by Gasteiger charge is -2.05. The largest absolute Gasteiger partial charge is 0.316 e. The van der Waals surface area contributed by atoms with E-state index in [1.807, 2.05) is 53.3 Å². The lowest BCUT2D eigenvalue weighted by Crippen LogP contribution is -2.18. The summed E-state index contributed by atoms with van der Waals surface area (Å²) in [4.78, 5) is 18.0. The number of carbonyl (C=O) groups is 1. The molecule has 5 nitrogen and oxygen atoms in total. The Labute approximate surface area is 189 Å². The van der Waals surface area contributed by atoms with E-state index in [1.165, 1.54) is 17.6 Å². The van der Waals surface area contributed by atoms with Gasteiger partial charge in [-0.1, -0.05) is 53.8 Å². The number of sulfone groups is 1. The Bertz CT molecular complexity index is 1450. The summed E-state index contributed by atoms with van der Waals surface area (Å²) in [5, 5.41) is 2.23. The van der Waals surface area contributed by atoms with Crippen LogP contribution in [-0.4, -0.2) is 37.2 Å². The first-order valence-corrected chi connectivity index (χ1v) is 13.8. The number of thiazole rings is 1.